The van der Waals surface area contributed by atoms with E-state index in [1.165, 1.54) is 12.1 Å². The number of benzene rings is 2. The minimum absolute atomic E-state index is 0.0855. The molecule has 120 valence electrons. The average Bonchev–Trinajstić information content (AvgIpc) is 2.50. The Morgan fingerprint density at radius 2 is 1.91 bits per heavy atom. The van der Waals surface area contributed by atoms with Crippen molar-refractivity contribution in [1.82, 2.24) is 0 Å². The second-order valence-electron chi connectivity index (χ2n) is 4.41. The summed E-state index contributed by atoms with van der Waals surface area (Å²) in [4.78, 5) is 23.4. The highest BCUT2D eigenvalue weighted by Crippen LogP contribution is 2.20. The van der Waals surface area contributed by atoms with Gasteiger partial charge in [-0.2, -0.15) is 0 Å². The van der Waals surface area contributed by atoms with Crippen LogP contribution in [0.4, 0.5) is 14.5 Å². The van der Waals surface area contributed by atoms with E-state index in [0.717, 1.165) is 12.1 Å². The molecule has 2 aromatic rings. The van der Waals surface area contributed by atoms with Crippen LogP contribution in [0.5, 0.6) is 5.75 Å². The largest absolute Gasteiger partial charge is 0.507 e. The van der Waals surface area contributed by atoms with Crippen molar-refractivity contribution < 1.29 is 28.2 Å². The monoisotopic (exact) mass is 433 g/mol. The first-order valence-corrected chi connectivity index (χ1v) is 7.35. The van der Waals surface area contributed by atoms with Gasteiger partial charge in [0.1, 0.15) is 22.9 Å². The molecule has 2 rings (SSSR count). The van der Waals surface area contributed by atoms with Crippen LogP contribution < -0.4 is 5.32 Å². The number of anilines is 1. The van der Waals surface area contributed by atoms with Gasteiger partial charge in [-0.1, -0.05) is 0 Å². The van der Waals surface area contributed by atoms with Crippen molar-refractivity contribution in [2.75, 3.05) is 11.9 Å². The third-order valence-corrected chi connectivity index (χ3v) is 3.39. The Morgan fingerprint density at radius 3 is 2.61 bits per heavy atom. The Bertz CT molecular complexity index is 767. The molecule has 0 saturated heterocycles. The molecule has 0 unspecified atom stereocenters. The molecule has 2 aromatic carbocycles. The molecule has 0 bridgehead atoms. The van der Waals surface area contributed by atoms with Gasteiger partial charge in [-0.3, -0.25) is 4.79 Å². The summed E-state index contributed by atoms with van der Waals surface area (Å²) in [7, 11) is 0. The quantitative estimate of drug-likeness (QED) is 0.575. The number of amides is 1. The minimum Gasteiger partial charge on any atom is -0.507 e. The number of esters is 1. The number of nitrogens with one attached hydrogen (secondary N) is 1. The first-order valence-electron chi connectivity index (χ1n) is 6.27. The van der Waals surface area contributed by atoms with E-state index in [0.29, 0.717) is 9.64 Å². The van der Waals surface area contributed by atoms with E-state index in [1.807, 2.05) is 22.6 Å². The van der Waals surface area contributed by atoms with Crippen molar-refractivity contribution in [1.29, 1.82) is 0 Å². The summed E-state index contributed by atoms with van der Waals surface area (Å²) >= 11 is 1.95. The van der Waals surface area contributed by atoms with Gasteiger partial charge in [-0.05, 0) is 52.9 Å². The fourth-order valence-corrected chi connectivity index (χ4v) is 2.15. The molecule has 0 aliphatic carbocycles. The number of hydrogen-bond donors (Lipinski definition) is 2. The molecule has 0 heterocycles. The fraction of sp³-hybridized carbons (Fsp3) is 0.0667. The predicted molar refractivity (Wildman–Crippen MR) is 86.1 cm³/mol. The third kappa shape index (κ3) is 4.62. The number of phenolic OH excluding ortho intramolecular Hbond substituents is 1. The summed E-state index contributed by atoms with van der Waals surface area (Å²) in [5, 5.41) is 11.7. The molecule has 5 nitrogen and oxygen atoms in total. The van der Waals surface area contributed by atoms with Gasteiger partial charge in [0.15, 0.2) is 6.61 Å². The van der Waals surface area contributed by atoms with Crippen molar-refractivity contribution in [3.05, 3.63) is 57.2 Å². The molecule has 0 atom stereocenters. The van der Waals surface area contributed by atoms with Gasteiger partial charge < -0.3 is 15.2 Å². The first-order chi connectivity index (χ1) is 10.9. The van der Waals surface area contributed by atoms with E-state index in [2.05, 4.69) is 5.32 Å². The lowest BCUT2D eigenvalue weighted by atomic mass is 10.2. The summed E-state index contributed by atoms with van der Waals surface area (Å²) < 4.78 is 31.6. The van der Waals surface area contributed by atoms with Crippen LogP contribution in [-0.2, 0) is 9.53 Å². The smallest absolute Gasteiger partial charge is 0.342 e. The Balaban J connectivity index is 1.96. The van der Waals surface area contributed by atoms with Gasteiger partial charge in [0.05, 0.1) is 5.69 Å². The minimum atomic E-state index is -0.945. The standard InChI is InChI=1S/C15H10F2INO4/c16-8-1-3-12(11(17)5-8)19-14(21)7-23-15(22)10-6-9(18)2-4-13(10)20/h1-6,20H,7H2,(H,19,21). The van der Waals surface area contributed by atoms with Gasteiger partial charge in [0.25, 0.3) is 5.91 Å². The third-order valence-electron chi connectivity index (χ3n) is 2.72. The van der Waals surface area contributed by atoms with Crippen LogP contribution in [0, 0.1) is 15.2 Å². The number of halogens is 3. The predicted octanol–water partition coefficient (Wildman–Crippen LogP) is 3.07. The maximum Gasteiger partial charge on any atom is 0.342 e. The molecule has 0 radical (unpaired) electrons. The number of hydrogen-bond acceptors (Lipinski definition) is 4. The van der Waals surface area contributed by atoms with Crippen LogP contribution >= 0.6 is 22.6 Å². The maximum atomic E-state index is 13.4. The van der Waals surface area contributed by atoms with Gasteiger partial charge in [-0.25, -0.2) is 13.6 Å². The maximum absolute atomic E-state index is 13.4. The highest BCUT2D eigenvalue weighted by atomic mass is 127. The zero-order valence-electron chi connectivity index (χ0n) is 11.5. The molecule has 0 fully saturated rings. The SMILES string of the molecule is O=C(COC(=O)c1cc(I)ccc1O)Nc1ccc(F)cc1F. The number of phenols is 1. The van der Waals surface area contributed by atoms with E-state index in [9.17, 15) is 23.5 Å². The van der Waals surface area contributed by atoms with Crippen LogP contribution in [-0.4, -0.2) is 23.6 Å². The molecule has 1 amide bonds. The van der Waals surface area contributed by atoms with Crippen LogP contribution in [0.25, 0.3) is 0 Å². The van der Waals surface area contributed by atoms with E-state index in [-0.39, 0.29) is 17.0 Å². The Kier molecular flexibility index (Phi) is 5.48. The van der Waals surface area contributed by atoms with Gasteiger partial charge >= 0.3 is 5.97 Å². The highest BCUT2D eigenvalue weighted by Gasteiger charge is 2.15. The van der Waals surface area contributed by atoms with E-state index < -0.39 is 30.1 Å². The van der Waals surface area contributed by atoms with E-state index in [1.54, 1.807) is 6.07 Å². The summed E-state index contributed by atoms with van der Waals surface area (Å²) in [6, 6.07) is 6.97. The number of ether oxygens (including phenoxy) is 1. The van der Waals surface area contributed by atoms with Crippen molar-refractivity contribution in [2.45, 2.75) is 0 Å². The normalized spacial score (nSPS) is 10.2. The molecule has 2 N–H and O–H groups in total. The molecule has 23 heavy (non-hydrogen) atoms. The van der Waals surface area contributed by atoms with Crippen LogP contribution in [0.3, 0.4) is 0 Å². The van der Waals surface area contributed by atoms with Crippen molar-refractivity contribution in [2.24, 2.45) is 0 Å². The topological polar surface area (TPSA) is 75.6 Å². The molecular formula is C15H10F2INO4. The first kappa shape index (κ1) is 17.1. The molecular weight excluding hydrogens is 423 g/mol. The van der Waals surface area contributed by atoms with Gasteiger partial charge in [0, 0.05) is 9.64 Å². The zero-order valence-corrected chi connectivity index (χ0v) is 13.6. The lowest BCUT2D eigenvalue weighted by Crippen LogP contribution is -2.21. The van der Waals surface area contributed by atoms with Crippen LogP contribution in [0.15, 0.2) is 36.4 Å². The summed E-state index contributed by atoms with van der Waals surface area (Å²) in [6.45, 7) is -0.680. The average molecular weight is 433 g/mol. The van der Waals surface area contributed by atoms with Gasteiger partial charge in [0.2, 0.25) is 0 Å². The van der Waals surface area contributed by atoms with Crippen LogP contribution in [0.2, 0.25) is 0 Å². The highest BCUT2D eigenvalue weighted by molar-refractivity contribution is 14.1. The fourth-order valence-electron chi connectivity index (χ4n) is 1.66. The molecule has 0 aliphatic heterocycles. The van der Waals surface area contributed by atoms with E-state index in [4.69, 9.17) is 4.74 Å². The molecule has 0 saturated carbocycles. The van der Waals surface area contributed by atoms with E-state index >= 15 is 0 Å². The summed E-state index contributed by atoms with van der Waals surface area (Å²) in [5.41, 5.74) is -0.317. The molecule has 0 aromatic heterocycles. The number of rotatable bonds is 4. The van der Waals surface area contributed by atoms with Crippen LogP contribution in [0.1, 0.15) is 10.4 Å². The van der Waals surface area contributed by atoms with Crippen molar-refractivity contribution in [3.63, 3.8) is 0 Å². The Labute approximate surface area is 143 Å². The summed E-state index contributed by atoms with van der Waals surface area (Å²) in [5.74, 6) is -3.69. The second-order valence-corrected chi connectivity index (χ2v) is 5.66. The summed E-state index contributed by atoms with van der Waals surface area (Å²) in [6.07, 6.45) is 0. The number of carbonyl (C=O) groups is 2. The van der Waals surface area contributed by atoms with Gasteiger partial charge in [-0.15, -0.1) is 0 Å². The van der Waals surface area contributed by atoms with Crippen molar-refractivity contribution in [3.8, 4) is 5.75 Å². The van der Waals surface area contributed by atoms with Crippen molar-refractivity contribution >= 4 is 40.2 Å². The molecule has 0 aliphatic rings. The number of carbonyl (C=O) groups excluding carboxylic acids is 2. The lowest BCUT2D eigenvalue weighted by Gasteiger charge is -2.08. The zero-order chi connectivity index (χ0) is 17.0. The molecule has 0 spiro atoms. The second kappa shape index (κ2) is 7.36. The number of aromatic hydroxyl groups is 1. The Morgan fingerprint density at radius 1 is 1.17 bits per heavy atom. The molecule has 8 heteroatoms. The Hall–Kier alpha value is -2.23. The lowest BCUT2D eigenvalue weighted by molar-refractivity contribution is -0.119.